The predicted octanol–water partition coefficient (Wildman–Crippen LogP) is 2.90. The number of aromatic nitrogens is 1. The van der Waals surface area contributed by atoms with Gasteiger partial charge in [-0.25, -0.2) is 0 Å². The lowest BCUT2D eigenvalue weighted by Crippen LogP contribution is -2.42. The van der Waals surface area contributed by atoms with E-state index in [4.69, 9.17) is 0 Å². The van der Waals surface area contributed by atoms with E-state index in [0.717, 1.165) is 17.0 Å². The van der Waals surface area contributed by atoms with Crippen LogP contribution in [0.5, 0.6) is 0 Å². The van der Waals surface area contributed by atoms with Gasteiger partial charge in [-0.3, -0.25) is 14.8 Å². The van der Waals surface area contributed by atoms with Gasteiger partial charge in [0.05, 0.1) is 5.56 Å². The quantitative estimate of drug-likeness (QED) is 0.260. The summed E-state index contributed by atoms with van der Waals surface area (Å²) in [6.07, 6.45) is 3.19. The molecule has 0 aliphatic carbocycles. The van der Waals surface area contributed by atoms with Gasteiger partial charge in [-0.1, -0.05) is 34.1 Å². The molecular formula is C18H23BrIN5O. The van der Waals surface area contributed by atoms with Gasteiger partial charge in [0.25, 0.3) is 5.91 Å². The van der Waals surface area contributed by atoms with Gasteiger partial charge in [0.15, 0.2) is 5.96 Å². The summed E-state index contributed by atoms with van der Waals surface area (Å²) in [6.45, 7) is 1.80. The smallest absolute Gasteiger partial charge is 0.252 e. The van der Waals surface area contributed by atoms with Gasteiger partial charge >= 0.3 is 0 Å². The Morgan fingerprint density at radius 2 is 1.92 bits per heavy atom. The maximum atomic E-state index is 11.9. The molecule has 0 bridgehead atoms. The minimum absolute atomic E-state index is 0. The maximum Gasteiger partial charge on any atom is 0.252 e. The number of nitrogens with one attached hydrogen (secondary N) is 2. The number of hydrogen-bond donors (Lipinski definition) is 2. The molecule has 2 aromatic rings. The Labute approximate surface area is 179 Å². The van der Waals surface area contributed by atoms with E-state index < -0.39 is 0 Å². The molecule has 140 valence electrons. The first-order valence-corrected chi connectivity index (χ1v) is 8.74. The summed E-state index contributed by atoms with van der Waals surface area (Å²) in [4.78, 5) is 22.2. The standard InChI is InChI=1S/C18H22BrN5O.HI/c1-20-18(24(2)13-15-6-3-4-8-16(15)19)23-11-10-22-17(25)14-7-5-9-21-12-14;/h3-9,12H,10-11,13H2,1-2H3,(H,20,23)(H,22,25);1H. The Bertz CT molecular complexity index is 727. The van der Waals surface area contributed by atoms with Crippen molar-refractivity contribution in [1.29, 1.82) is 0 Å². The summed E-state index contributed by atoms with van der Waals surface area (Å²) in [7, 11) is 3.72. The summed E-state index contributed by atoms with van der Waals surface area (Å²) >= 11 is 3.56. The SMILES string of the molecule is CN=C(NCCNC(=O)c1cccnc1)N(C)Cc1ccccc1Br.I. The molecule has 0 radical (unpaired) electrons. The Hall–Kier alpha value is -1.68. The molecule has 0 saturated heterocycles. The first-order valence-electron chi connectivity index (χ1n) is 7.95. The monoisotopic (exact) mass is 531 g/mol. The molecule has 0 spiro atoms. The molecule has 1 aromatic carbocycles. The number of benzene rings is 1. The van der Waals surface area contributed by atoms with Gasteiger partial charge in [0, 0.05) is 50.6 Å². The van der Waals surface area contributed by atoms with E-state index in [0.29, 0.717) is 18.7 Å². The van der Waals surface area contributed by atoms with Crippen molar-refractivity contribution in [1.82, 2.24) is 20.5 Å². The number of pyridine rings is 1. The second-order valence-electron chi connectivity index (χ2n) is 5.42. The van der Waals surface area contributed by atoms with Gasteiger partial charge in [0.2, 0.25) is 0 Å². The van der Waals surface area contributed by atoms with Crippen LogP contribution in [0, 0.1) is 0 Å². The lowest BCUT2D eigenvalue weighted by atomic mass is 10.2. The number of carbonyl (C=O) groups excluding carboxylic acids is 1. The highest BCUT2D eigenvalue weighted by Crippen LogP contribution is 2.17. The van der Waals surface area contributed by atoms with E-state index in [-0.39, 0.29) is 29.9 Å². The lowest BCUT2D eigenvalue weighted by Gasteiger charge is -2.22. The van der Waals surface area contributed by atoms with Crippen molar-refractivity contribution in [3.63, 3.8) is 0 Å². The van der Waals surface area contributed by atoms with Crippen LogP contribution < -0.4 is 10.6 Å². The Morgan fingerprint density at radius 1 is 1.19 bits per heavy atom. The second kappa shape index (κ2) is 11.8. The van der Waals surface area contributed by atoms with Crippen LogP contribution in [0.2, 0.25) is 0 Å². The van der Waals surface area contributed by atoms with Crippen LogP contribution in [0.1, 0.15) is 15.9 Å². The third-order valence-electron chi connectivity index (χ3n) is 3.56. The number of halogens is 2. The highest BCUT2D eigenvalue weighted by molar-refractivity contribution is 14.0. The Kier molecular flexibility index (Phi) is 10.2. The van der Waals surface area contributed by atoms with Crippen LogP contribution in [-0.2, 0) is 6.54 Å². The zero-order chi connectivity index (χ0) is 18.1. The Balaban J connectivity index is 0.00000338. The van der Waals surface area contributed by atoms with Crippen LogP contribution in [0.4, 0.5) is 0 Å². The van der Waals surface area contributed by atoms with Crippen molar-refractivity contribution < 1.29 is 4.79 Å². The minimum atomic E-state index is -0.133. The van der Waals surface area contributed by atoms with Crippen molar-refractivity contribution in [3.8, 4) is 0 Å². The molecule has 0 fully saturated rings. The van der Waals surface area contributed by atoms with Crippen LogP contribution >= 0.6 is 39.9 Å². The fraction of sp³-hybridized carbons (Fsp3) is 0.278. The molecule has 2 N–H and O–H groups in total. The molecule has 1 heterocycles. The summed E-state index contributed by atoms with van der Waals surface area (Å²) in [5.41, 5.74) is 1.73. The number of guanidine groups is 1. The summed E-state index contributed by atoms with van der Waals surface area (Å²) < 4.78 is 1.07. The molecule has 0 unspecified atom stereocenters. The van der Waals surface area contributed by atoms with Gasteiger partial charge in [-0.2, -0.15) is 0 Å². The predicted molar refractivity (Wildman–Crippen MR) is 119 cm³/mol. The van der Waals surface area contributed by atoms with Crippen LogP contribution in [0.3, 0.4) is 0 Å². The number of hydrogen-bond acceptors (Lipinski definition) is 3. The fourth-order valence-corrected chi connectivity index (χ4v) is 2.70. The van der Waals surface area contributed by atoms with E-state index in [1.807, 2.05) is 30.1 Å². The molecule has 1 amide bonds. The third-order valence-corrected chi connectivity index (χ3v) is 4.33. The van der Waals surface area contributed by atoms with Crippen molar-refractivity contribution in [2.45, 2.75) is 6.54 Å². The van der Waals surface area contributed by atoms with Gasteiger partial charge < -0.3 is 15.5 Å². The summed E-state index contributed by atoms with van der Waals surface area (Å²) in [5.74, 6) is 0.637. The molecule has 0 aliphatic rings. The zero-order valence-corrected chi connectivity index (χ0v) is 18.7. The number of nitrogens with zero attached hydrogens (tertiary/aromatic N) is 3. The van der Waals surface area contributed by atoms with Crippen molar-refractivity contribution in [3.05, 3.63) is 64.4 Å². The average Bonchev–Trinajstić information content (AvgIpc) is 2.64. The number of amides is 1. The van der Waals surface area contributed by atoms with Crippen LogP contribution in [0.15, 0.2) is 58.3 Å². The van der Waals surface area contributed by atoms with Crippen LogP contribution in [-0.4, -0.2) is 48.9 Å². The summed E-state index contributed by atoms with van der Waals surface area (Å²) in [5, 5.41) is 6.10. The number of aliphatic imine (C=N–C) groups is 1. The molecule has 8 heteroatoms. The van der Waals surface area contributed by atoms with Gasteiger partial charge in [-0.15, -0.1) is 24.0 Å². The van der Waals surface area contributed by atoms with Crippen molar-refractivity contribution in [2.75, 3.05) is 27.2 Å². The molecular weight excluding hydrogens is 509 g/mol. The van der Waals surface area contributed by atoms with Crippen molar-refractivity contribution in [2.24, 2.45) is 4.99 Å². The number of carbonyl (C=O) groups is 1. The molecule has 6 nitrogen and oxygen atoms in total. The van der Waals surface area contributed by atoms with Gasteiger partial charge in [-0.05, 0) is 23.8 Å². The van der Waals surface area contributed by atoms with E-state index >= 15 is 0 Å². The molecule has 1 aromatic heterocycles. The average molecular weight is 532 g/mol. The topological polar surface area (TPSA) is 69.6 Å². The molecule has 0 atom stereocenters. The first-order chi connectivity index (χ1) is 12.1. The Morgan fingerprint density at radius 3 is 2.58 bits per heavy atom. The molecule has 0 saturated carbocycles. The first kappa shape index (κ1) is 22.4. The van der Waals surface area contributed by atoms with E-state index in [1.165, 1.54) is 5.56 Å². The largest absolute Gasteiger partial charge is 0.354 e. The number of rotatable bonds is 6. The molecule has 2 rings (SSSR count). The second-order valence-corrected chi connectivity index (χ2v) is 6.27. The fourth-order valence-electron chi connectivity index (χ4n) is 2.29. The van der Waals surface area contributed by atoms with Crippen molar-refractivity contribution >= 4 is 51.8 Å². The lowest BCUT2D eigenvalue weighted by molar-refractivity contribution is 0.0954. The van der Waals surface area contributed by atoms with E-state index in [1.54, 1.807) is 31.6 Å². The summed E-state index contributed by atoms with van der Waals surface area (Å²) in [6, 6.07) is 11.6. The van der Waals surface area contributed by atoms with E-state index in [2.05, 4.69) is 42.6 Å². The molecule has 0 aliphatic heterocycles. The molecule has 26 heavy (non-hydrogen) atoms. The van der Waals surface area contributed by atoms with Crippen LogP contribution in [0.25, 0.3) is 0 Å². The minimum Gasteiger partial charge on any atom is -0.354 e. The van der Waals surface area contributed by atoms with E-state index in [9.17, 15) is 4.79 Å². The normalized spacial score (nSPS) is 10.7. The highest BCUT2D eigenvalue weighted by Gasteiger charge is 2.09. The zero-order valence-electron chi connectivity index (χ0n) is 14.8. The third kappa shape index (κ3) is 6.91. The maximum absolute atomic E-state index is 11.9. The highest BCUT2D eigenvalue weighted by atomic mass is 127. The van der Waals surface area contributed by atoms with Gasteiger partial charge in [0.1, 0.15) is 0 Å².